The minimum atomic E-state index is -0.781. The van der Waals surface area contributed by atoms with Gasteiger partial charge in [0.15, 0.2) is 6.10 Å². The second-order valence-electron chi connectivity index (χ2n) is 21.3. The highest BCUT2D eigenvalue weighted by molar-refractivity contribution is 5.71. The zero-order valence-corrected chi connectivity index (χ0v) is 48.7. The van der Waals surface area contributed by atoms with Crippen LogP contribution in [0.2, 0.25) is 0 Å². The van der Waals surface area contributed by atoms with E-state index in [1.165, 1.54) is 212 Å². The lowest BCUT2D eigenvalue weighted by atomic mass is 10.1. The topological polar surface area (TPSA) is 78.9 Å². The van der Waals surface area contributed by atoms with E-state index in [0.29, 0.717) is 19.3 Å². The first-order valence-electron chi connectivity index (χ1n) is 31.8. The standard InChI is InChI=1S/C67H120O6/c1-4-7-10-13-16-19-22-25-28-31-33-36-39-42-45-48-51-54-57-60-66(69)72-63-64(62-71-65(68)59-56-53-50-47-44-41-38-35-30-27-24-21-18-15-12-9-6-3)73-67(70)61-58-55-52-49-46-43-40-37-34-32-29-26-23-20-17-14-11-8-5-2/h17-18,20-21,25-30,64H,4-16,19,22-24,31-63H2,1-3H3/b20-17-,21-18-,28-25-,29-26-,30-27-/t64-/m1/s1. The molecule has 6 nitrogen and oxygen atoms in total. The van der Waals surface area contributed by atoms with Gasteiger partial charge in [0.25, 0.3) is 0 Å². The van der Waals surface area contributed by atoms with E-state index < -0.39 is 6.10 Å². The molecular weight excluding hydrogens is 901 g/mol. The van der Waals surface area contributed by atoms with Crippen molar-refractivity contribution < 1.29 is 28.6 Å². The number of ether oxygens (including phenoxy) is 3. The minimum Gasteiger partial charge on any atom is -0.462 e. The summed E-state index contributed by atoms with van der Waals surface area (Å²) in [6, 6.07) is 0. The fourth-order valence-corrected chi connectivity index (χ4v) is 9.15. The van der Waals surface area contributed by atoms with Crippen LogP contribution in [0.25, 0.3) is 0 Å². The van der Waals surface area contributed by atoms with Crippen molar-refractivity contribution in [3.8, 4) is 0 Å². The molecule has 0 saturated heterocycles. The van der Waals surface area contributed by atoms with Gasteiger partial charge in [-0.2, -0.15) is 0 Å². The Bertz CT molecular complexity index is 1310. The van der Waals surface area contributed by atoms with Crippen LogP contribution in [0.4, 0.5) is 0 Å². The lowest BCUT2D eigenvalue weighted by Crippen LogP contribution is -2.30. The summed E-state index contributed by atoms with van der Waals surface area (Å²) in [5.74, 6) is -0.875. The molecule has 0 aliphatic rings. The first-order valence-corrected chi connectivity index (χ1v) is 31.8. The predicted octanol–water partition coefficient (Wildman–Crippen LogP) is 21.6. The van der Waals surface area contributed by atoms with E-state index in [-0.39, 0.29) is 31.1 Å². The Morgan fingerprint density at radius 1 is 0.274 bits per heavy atom. The third kappa shape index (κ3) is 59.9. The Morgan fingerprint density at radius 2 is 0.493 bits per heavy atom. The average Bonchev–Trinajstić information content (AvgIpc) is 3.39. The van der Waals surface area contributed by atoms with Crippen LogP contribution in [0.15, 0.2) is 60.8 Å². The van der Waals surface area contributed by atoms with E-state index in [2.05, 4.69) is 81.5 Å². The fraction of sp³-hybridized carbons (Fsp3) is 0.806. The van der Waals surface area contributed by atoms with Crippen molar-refractivity contribution in [2.24, 2.45) is 0 Å². The highest BCUT2D eigenvalue weighted by Crippen LogP contribution is 2.16. The molecule has 0 aliphatic heterocycles. The number of hydrogen-bond acceptors (Lipinski definition) is 6. The summed E-state index contributed by atoms with van der Waals surface area (Å²) in [5.41, 5.74) is 0. The number of carbonyl (C=O) groups is 3. The molecule has 0 bridgehead atoms. The molecule has 1 atom stereocenters. The molecule has 0 aliphatic carbocycles. The highest BCUT2D eigenvalue weighted by atomic mass is 16.6. The van der Waals surface area contributed by atoms with Crippen molar-refractivity contribution >= 4 is 17.9 Å². The first-order chi connectivity index (χ1) is 36.0. The molecule has 424 valence electrons. The van der Waals surface area contributed by atoms with E-state index in [9.17, 15) is 14.4 Å². The normalized spacial score (nSPS) is 12.4. The zero-order chi connectivity index (χ0) is 52.9. The first kappa shape index (κ1) is 70.1. The van der Waals surface area contributed by atoms with Crippen LogP contribution in [0, 0.1) is 0 Å². The molecule has 0 aromatic heterocycles. The van der Waals surface area contributed by atoms with Gasteiger partial charge in [0, 0.05) is 19.3 Å². The maximum atomic E-state index is 12.9. The van der Waals surface area contributed by atoms with Gasteiger partial charge in [0.2, 0.25) is 0 Å². The van der Waals surface area contributed by atoms with Crippen LogP contribution >= 0.6 is 0 Å². The van der Waals surface area contributed by atoms with Crippen molar-refractivity contribution in [3.05, 3.63) is 60.8 Å². The lowest BCUT2D eigenvalue weighted by Gasteiger charge is -2.18. The maximum absolute atomic E-state index is 12.9. The smallest absolute Gasteiger partial charge is 0.306 e. The third-order valence-corrected chi connectivity index (χ3v) is 14.0. The van der Waals surface area contributed by atoms with Crippen molar-refractivity contribution in [2.75, 3.05) is 13.2 Å². The van der Waals surface area contributed by atoms with Gasteiger partial charge in [-0.1, -0.05) is 261 Å². The Kier molecular flexibility index (Phi) is 59.2. The van der Waals surface area contributed by atoms with Crippen LogP contribution in [0.5, 0.6) is 0 Å². The van der Waals surface area contributed by atoms with Gasteiger partial charge in [-0.3, -0.25) is 14.4 Å². The Labute approximate surface area is 453 Å². The molecule has 0 unspecified atom stereocenters. The van der Waals surface area contributed by atoms with Crippen LogP contribution < -0.4 is 0 Å². The molecule has 0 aromatic carbocycles. The van der Waals surface area contributed by atoms with Crippen LogP contribution in [0.1, 0.15) is 329 Å². The molecule has 0 radical (unpaired) electrons. The van der Waals surface area contributed by atoms with Gasteiger partial charge < -0.3 is 14.2 Å². The summed E-state index contributed by atoms with van der Waals surface area (Å²) in [7, 11) is 0. The van der Waals surface area contributed by atoms with E-state index in [4.69, 9.17) is 14.2 Å². The van der Waals surface area contributed by atoms with Crippen molar-refractivity contribution in [1.29, 1.82) is 0 Å². The summed E-state index contributed by atoms with van der Waals surface area (Å²) in [5, 5.41) is 0. The van der Waals surface area contributed by atoms with Crippen molar-refractivity contribution in [2.45, 2.75) is 335 Å². The Hall–Kier alpha value is -2.89. The molecule has 0 N–H and O–H groups in total. The molecule has 0 rings (SSSR count). The minimum absolute atomic E-state index is 0.0778. The lowest BCUT2D eigenvalue weighted by molar-refractivity contribution is -0.167. The van der Waals surface area contributed by atoms with Gasteiger partial charge >= 0.3 is 17.9 Å². The molecule has 0 spiro atoms. The van der Waals surface area contributed by atoms with Gasteiger partial charge in [-0.25, -0.2) is 0 Å². The largest absolute Gasteiger partial charge is 0.462 e. The van der Waals surface area contributed by atoms with Crippen molar-refractivity contribution in [3.63, 3.8) is 0 Å². The average molecular weight is 1020 g/mol. The number of unbranched alkanes of at least 4 members (excludes halogenated alkanes) is 37. The quantitative estimate of drug-likeness (QED) is 0.0261. The Balaban J connectivity index is 4.38. The van der Waals surface area contributed by atoms with E-state index >= 15 is 0 Å². The molecule has 0 saturated carbocycles. The van der Waals surface area contributed by atoms with E-state index in [0.717, 1.165) is 77.0 Å². The zero-order valence-electron chi connectivity index (χ0n) is 48.7. The number of carbonyl (C=O) groups excluding carboxylic acids is 3. The van der Waals surface area contributed by atoms with Crippen LogP contribution in [-0.4, -0.2) is 37.2 Å². The van der Waals surface area contributed by atoms with E-state index in [1.54, 1.807) is 0 Å². The monoisotopic (exact) mass is 1020 g/mol. The van der Waals surface area contributed by atoms with Gasteiger partial charge in [0.05, 0.1) is 0 Å². The van der Waals surface area contributed by atoms with Crippen molar-refractivity contribution in [1.82, 2.24) is 0 Å². The molecule has 0 aromatic rings. The molecule has 0 amide bonds. The van der Waals surface area contributed by atoms with Crippen LogP contribution in [0.3, 0.4) is 0 Å². The number of allylic oxidation sites excluding steroid dienone is 10. The number of esters is 3. The summed E-state index contributed by atoms with van der Waals surface area (Å²) in [4.78, 5) is 38.3. The summed E-state index contributed by atoms with van der Waals surface area (Å²) in [6.45, 7) is 6.62. The summed E-state index contributed by atoms with van der Waals surface area (Å²) in [6.07, 6.45) is 77.8. The van der Waals surface area contributed by atoms with Gasteiger partial charge in [0.1, 0.15) is 13.2 Å². The third-order valence-electron chi connectivity index (χ3n) is 14.0. The van der Waals surface area contributed by atoms with E-state index in [1.807, 2.05) is 0 Å². The maximum Gasteiger partial charge on any atom is 0.306 e. The summed E-state index contributed by atoms with van der Waals surface area (Å²) >= 11 is 0. The number of hydrogen-bond donors (Lipinski definition) is 0. The molecule has 0 heterocycles. The second kappa shape index (κ2) is 61.7. The molecule has 73 heavy (non-hydrogen) atoms. The van der Waals surface area contributed by atoms with Gasteiger partial charge in [-0.15, -0.1) is 0 Å². The SMILES string of the molecule is CCCCC/C=C\C/C=C\CCCCCCCCCCCC(=O)O[C@H](COC(=O)CCCCCCCCC/C=C\C/C=C\CCCCC)COC(=O)CCCCCCCCCCC/C=C\CCCCCCCC. The molecular formula is C67H120O6. The Morgan fingerprint density at radius 3 is 0.795 bits per heavy atom. The molecule has 6 heteroatoms. The highest BCUT2D eigenvalue weighted by Gasteiger charge is 2.19. The molecule has 0 fully saturated rings. The van der Waals surface area contributed by atoms with Crippen LogP contribution in [-0.2, 0) is 28.6 Å². The number of rotatable bonds is 58. The fourth-order valence-electron chi connectivity index (χ4n) is 9.15. The van der Waals surface area contributed by atoms with Gasteiger partial charge in [-0.05, 0) is 109 Å². The summed E-state index contributed by atoms with van der Waals surface area (Å²) < 4.78 is 16.9. The predicted molar refractivity (Wildman–Crippen MR) is 316 cm³/mol. The second-order valence-corrected chi connectivity index (χ2v) is 21.3.